The number of nitrogens with zero attached hydrogens (tertiary/aromatic N) is 2. The number of hydrogen-bond acceptors (Lipinski definition) is 6. The number of methoxy groups -OCH3 is 1. The van der Waals surface area contributed by atoms with Crippen molar-refractivity contribution in [2.24, 2.45) is 0 Å². The molecule has 0 saturated carbocycles. The summed E-state index contributed by atoms with van der Waals surface area (Å²) in [7, 11) is -2.35. The lowest BCUT2D eigenvalue weighted by Crippen LogP contribution is -2.53. The highest BCUT2D eigenvalue weighted by Gasteiger charge is 2.33. The molecule has 0 spiro atoms. The second-order valence-corrected chi connectivity index (χ2v) is 11.4. The fourth-order valence-electron chi connectivity index (χ4n) is 4.42. The van der Waals surface area contributed by atoms with E-state index in [-0.39, 0.29) is 24.6 Å². The first-order chi connectivity index (χ1) is 19.7. The Hall–Kier alpha value is -4.05. The largest absolute Gasteiger partial charge is 0.497 e. The van der Waals surface area contributed by atoms with Crippen molar-refractivity contribution in [2.45, 2.75) is 39.3 Å². The zero-order chi connectivity index (χ0) is 29.8. The Morgan fingerprint density at radius 2 is 1.61 bits per heavy atom. The molecule has 0 radical (unpaired) electrons. The van der Waals surface area contributed by atoms with Crippen LogP contribution < -0.4 is 19.1 Å². The van der Waals surface area contributed by atoms with Crippen molar-refractivity contribution in [2.75, 3.05) is 37.4 Å². The van der Waals surface area contributed by atoms with Crippen LogP contribution in [0.5, 0.6) is 11.5 Å². The van der Waals surface area contributed by atoms with Crippen LogP contribution in [-0.4, -0.2) is 64.2 Å². The number of anilines is 1. The maximum Gasteiger partial charge on any atom is 0.244 e. The van der Waals surface area contributed by atoms with Gasteiger partial charge in [-0.3, -0.25) is 13.9 Å². The third-order valence-corrected chi connectivity index (χ3v) is 7.55. The van der Waals surface area contributed by atoms with E-state index in [2.05, 4.69) is 5.32 Å². The van der Waals surface area contributed by atoms with Crippen LogP contribution in [0.1, 0.15) is 31.4 Å². The van der Waals surface area contributed by atoms with Gasteiger partial charge in [0.1, 0.15) is 24.1 Å². The quantitative estimate of drug-likeness (QED) is 0.291. The Labute approximate surface area is 243 Å². The zero-order valence-corrected chi connectivity index (χ0v) is 24.9. The molecule has 41 heavy (non-hydrogen) atoms. The number of hydrogen-bond donors (Lipinski definition) is 1. The molecule has 0 aliphatic heterocycles. The van der Waals surface area contributed by atoms with Gasteiger partial charge < -0.3 is 19.7 Å². The molecule has 9 nitrogen and oxygen atoms in total. The van der Waals surface area contributed by atoms with Crippen LogP contribution in [-0.2, 0) is 32.6 Å². The summed E-state index contributed by atoms with van der Waals surface area (Å²) >= 11 is 0. The first kappa shape index (κ1) is 31.5. The average Bonchev–Trinajstić information content (AvgIpc) is 2.97. The summed E-state index contributed by atoms with van der Waals surface area (Å²) in [5, 5.41) is 2.93. The summed E-state index contributed by atoms with van der Waals surface area (Å²) in [5.41, 5.74) is 1.86. The smallest absolute Gasteiger partial charge is 0.244 e. The number of carbonyl (C=O) groups excluding carboxylic acids is 2. The molecule has 0 fully saturated rings. The number of carbonyl (C=O) groups is 2. The van der Waals surface area contributed by atoms with Gasteiger partial charge in [-0.2, -0.15) is 0 Å². The van der Waals surface area contributed by atoms with Crippen molar-refractivity contribution in [1.29, 1.82) is 0 Å². The molecule has 0 bridgehead atoms. The van der Waals surface area contributed by atoms with Crippen LogP contribution in [0.25, 0.3) is 0 Å². The van der Waals surface area contributed by atoms with E-state index in [1.54, 1.807) is 56.5 Å². The molecule has 3 aromatic carbocycles. The van der Waals surface area contributed by atoms with E-state index >= 15 is 0 Å². The molecule has 0 saturated heterocycles. The lowest BCUT2D eigenvalue weighted by Gasteiger charge is -2.33. The SMILES string of the molecule is CCCNC(=O)C(Cc1ccccc1)N(Cc1cccc(OC)c1)C(=O)CN(c1ccccc1OCC)S(C)(=O)=O. The monoisotopic (exact) mass is 581 g/mol. The Morgan fingerprint density at radius 1 is 0.927 bits per heavy atom. The molecular formula is C31H39N3O6S. The summed E-state index contributed by atoms with van der Waals surface area (Å²) in [6.07, 6.45) is 2.02. The molecule has 0 aromatic heterocycles. The molecule has 220 valence electrons. The summed E-state index contributed by atoms with van der Waals surface area (Å²) in [5.74, 6) is 0.104. The summed E-state index contributed by atoms with van der Waals surface area (Å²) in [6.45, 7) is 4.07. The van der Waals surface area contributed by atoms with Gasteiger partial charge >= 0.3 is 0 Å². The highest BCUT2D eigenvalue weighted by molar-refractivity contribution is 7.92. The van der Waals surface area contributed by atoms with E-state index in [9.17, 15) is 18.0 Å². The van der Waals surface area contributed by atoms with E-state index in [0.29, 0.717) is 24.7 Å². The molecule has 0 heterocycles. The Kier molecular flexibility index (Phi) is 11.6. The number of amides is 2. The third-order valence-electron chi connectivity index (χ3n) is 6.42. The zero-order valence-electron chi connectivity index (χ0n) is 24.1. The van der Waals surface area contributed by atoms with Gasteiger partial charge in [0, 0.05) is 19.5 Å². The first-order valence-electron chi connectivity index (χ1n) is 13.6. The van der Waals surface area contributed by atoms with Gasteiger partial charge in [0.2, 0.25) is 21.8 Å². The van der Waals surface area contributed by atoms with Crippen LogP contribution in [0.3, 0.4) is 0 Å². The summed E-state index contributed by atoms with van der Waals surface area (Å²) < 4.78 is 38.1. The van der Waals surface area contributed by atoms with Crippen molar-refractivity contribution in [3.63, 3.8) is 0 Å². The molecular weight excluding hydrogens is 542 g/mol. The first-order valence-corrected chi connectivity index (χ1v) is 15.5. The van der Waals surface area contributed by atoms with Gasteiger partial charge in [0.05, 0.1) is 25.7 Å². The van der Waals surface area contributed by atoms with Crippen LogP contribution in [0.15, 0.2) is 78.9 Å². The fraction of sp³-hybridized carbons (Fsp3) is 0.355. The van der Waals surface area contributed by atoms with Crippen molar-refractivity contribution in [3.8, 4) is 11.5 Å². The number of rotatable bonds is 15. The van der Waals surface area contributed by atoms with Crippen molar-refractivity contribution in [3.05, 3.63) is 90.0 Å². The number of nitrogens with one attached hydrogen (secondary N) is 1. The second kappa shape index (κ2) is 15.1. The number of para-hydroxylation sites is 2. The summed E-state index contributed by atoms with van der Waals surface area (Å²) in [4.78, 5) is 29.2. The third kappa shape index (κ3) is 8.97. The van der Waals surface area contributed by atoms with Gasteiger partial charge in [0.15, 0.2) is 0 Å². The minimum Gasteiger partial charge on any atom is -0.497 e. The van der Waals surface area contributed by atoms with E-state index < -0.39 is 28.5 Å². The Balaban J connectivity index is 2.08. The number of sulfonamides is 1. The van der Waals surface area contributed by atoms with E-state index in [4.69, 9.17) is 9.47 Å². The molecule has 2 amide bonds. The molecule has 0 aliphatic carbocycles. The minimum atomic E-state index is -3.90. The van der Waals surface area contributed by atoms with Crippen LogP contribution in [0.4, 0.5) is 5.69 Å². The fourth-order valence-corrected chi connectivity index (χ4v) is 5.28. The predicted molar refractivity (Wildman–Crippen MR) is 161 cm³/mol. The molecule has 1 atom stereocenters. The number of ether oxygens (including phenoxy) is 2. The predicted octanol–water partition coefficient (Wildman–Crippen LogP) is 4.03. The van der Waals surface area contributed by atoms with Gasteiger partial charge in [-0.25, -0.2) is 8.42 Å². The van der Waals surface area contributed by atoms with Gasteiger partial charge in [-0.15, -0.1) is 0 Å². The van der Waals surface area contributed by atoms with Crippen molar-refractivity contribution in [1.82, 2.24) is 10.2 Å². The lowest BCUT2D eigenvalue weighted by molar-refractivity contribution is -0.140. The normalized spacial score (nSPS) is 11.8. The van der Waals surface area contributed by atoms with Crippen LogP contribution in [0, 0.1) is 0 Å². The van der Waals surface area contributed by atoms with Crippen LogP contribution in [0.2, 0.25) is 0 Å². The van der Waals surface area contributed by atoms with Crippen LogP contribution >= 0.6 is 0 Å². The highest BCUT2D eigenvalue weighted by atomic mass is 32.2. The average molecular weight is 582 g/mol. The molecule has 0 aliphatic rings. The van der Waals surface area contributed by atoms with Crippen molar-refractivity contribution < 1.29 is 27.5 Å². The Morgan fingerprint density at radius 3 is 2.27 bits per heavy atom. The van der Waals surface area contributed by atoms with E-state index in [1.165, 1.54) is 4.90 Å². The topological polar surface area (TPSA) is 105 Å². The standard InChI is InChI=1S/C31H39N3O6S/c1-5-19-32-31(36)28(21-24-13-8-7-9-14-24)33(22-25-15-12-16-26(20-25)39-3)30(35)23-34(41(4,37)38)27-17-10-11-18-29(27)40-6-2/h7-18,20,28H,5-6,19,21-23H2,1-4H3,(H,32,36). The highest BCUT2D eigenvalue weighted by Crippen LogP contribution is 2.30. The molecule has 3 aromatic rings. The minimum absolute atomic E-state index is 0.0672. The van der Waals surface area contributed by atoms with Gasteiger partial charge in [-0.1, -0.05) is 61.5 Å². The Bertz CT molecular complexity index is 1400. The second-order valence-electron chi connectivity index (χ2n) is 9.54. The number of benzene rings is 3. The molecule has 1 unspecified atom stereocenters. The molecule has 10 heteroatoms. The van der Waals surface area contributed by atoms with E-state index in [1.807, 2.05) is 43.3 Å². The van der Waals surface area contributed by atoms with Gasteiger partial charge in [-0.05, 0) is 48.7 Å². The van der Waals surface area contributed by atoms with Gasteiger partial charge in [0.25, 0.3) is 0 Å². The maximum absolute atomic E-state index is 14.2. The molecule has 3 rings (SSSR count). The lowest BCUT2D eigenvalue weighted by atomic mass is 10.0. The summed E-state index contributed by atoms with van der Waals surface area (Å²) in [6, 6.07) is 22.4. The molecule has 1 N–H and O–H groups in total. The maximum atomic E-state index is 14.2. The van der Waals surface area contributed by atoms with E-state index in [0.717, 1.165) is 28.1 Å². The van der Waals surface area contributed by atoms with Crippen molar-refractivity contribution >= 4 is 27.5 Å².